The number of carbonyl (C=O) groups is 1. The molecule has 2 heterocycles. The Kier molecular flexibility index (Phi) is 6.38. The Morgan fingerprint density at radius 1 is 1.26 bits per heavy atom. The van der Waals surface area contributed by atoms with Crippen LogP contribution in [-0.2, 0) is 11.3 Å². The fourth-order valence-electron chi connectivity index (χ4n) is 3.53. The molecule has 1 unspecified atom stereocenters. The zero-order chi connectivity index (χ0) is 22.7. The number of carbonyl (C=O) groups excluding carboxylic acids is 1. The maximum absolute atomic E-state index is 13.0. The van der Waals surface area contributed by atoms with Crippen molar-refractivity contribution >= 4 is 17.4 Å². The average molecular weight is 426 g/mol. The second kappa shape index (κ2) is 8.99. The molecule has 0 radical (unpaired) electrons. The van der Waals surface area contributed by atoms with Crippen molar-refractivity contribution in [1.82, 2.24) is 19.6 Å². The molecule has 0 aliphatic carbocycles. The highest BCUT2D eigenvalue weighted by atomic mass is 16.6. The SMILES string of the molecule is CCC(C(=O)Nc1c(C)nn(Cc2cccc(OC)c2)c1C)n1nc([N+](=O)[O-])cc1C. The van der Waals surface area contributed by atoms with Gasteiger partial charge >= 0.3 is 5.82 Å². The lowest BCUT2D eigenvalue weighted by Gasteiger charge is -2.14. The zero-order valence-corrected chi connectivity index (χ0v) is 18.2. The maximum atomic E-state index is 13.0. The molecule has 3 rings (SSSR count). The highest BCUT2D eigenvalue weighted by Crippen LogP contribution is 2.25. The van der Waals surface area contributed by atoms with E-state index in [1.807, 2.05) is 49.7 Å². The Balaban J connectivity index is 1.83. The van der Waals surface area contributed by atoms with Crippen LogP contribution in [0.5, 0.6) is 5.75 Å². The third kappa shape index (κ3) is 4.57. The summed E-state index contributed by atoms with van der Waals surface area (Å²) < 4.78 is 8.50. The van der Waals surface area contributed by atoms with Crippen LogP contribution in [0.4, 0.5) is 11.5 Å². The van der Waals surface area contributed by atoms with Crippen LogP contribution in [-0.4, -0.2) is 37.5 Å². The van der Waals surface area contributed by atoms with Crippen molar-refractivity contribution in [3.63, 3.8) is 0 Å². The van der Waals surface area contributed by atoms with Crippen molar-refractivity contribution in [2.75, 3.05) is 12.4 Å². The van der Waals surface area contributed by atoms with Gasteiger partial charge in [-0.25, -0.2) is 0 Å². The molecule has 1 N–H and O–H groups in total. The van der Waals surface area contributed by atoms with Gasteiger partial charge < -0.3 is 20.2 Å². The highest BCUT2D eigenvalue weighted by molar-refractivity contribution is 5.94. The molecule has 3 aromatic rings. The van der Waals surface area contributed by atoms with E-state index in [-0.39, 0.29) is 11.7 Å². The number of methoxy groups -OCH3 is 1. The smallest absolute Gasteiger partial charge is 0.390 e. The van der Waals surface area contributed by atoms with E-state index < -0.39 is 11.0 Å². The molecule has 10 heteroatoms. The molecular formula is C21H26N6O4. The molecule has 2 aromatic heterocycles. The molecule has 0 spiro atoms. The molecule has 0 saturated carbocycles. The third-order valence-electron chi connectivity index (χ3n) is 5.18. The molecule has 1 amide bonds. The average Bonchev–Trinajstić information content (AvgIpc) is 3.24. The number of nitro groups is 1. The van der Waals surface area contributed by atoms with Crippen LogP contribution in [0.25, 0.3) is 0 Å². The molecule has 0 aliphatic heterocycles. The first-order valence-electron chi connectivity index (χ1n) is 9.93. The van der Waals surface area contributed by atoms with E-state index in [0.717, 1.165) is 17.0 Å². The molecule has 164 valence electrons. The minimum atomic E-state index is -0.672. The molecule has 10 nitrogen and oxygen atoms in total. The maximum Gasteiger partial charge on any atom is 0.390 e. The summed E-state index contributed by atoms with van der Waals surface area (Å²) in [5, 5.41) is 22.5. The van der Waals surface area contributed by atoms with E-state index in [2.05, 4.69) is 15.5 Å². The van der Waals surface area contributed by atoms with E-state index in [0.29, 0.717) is 30.0 Å². The van der Waals surface area contributed by atoms with Gasteiger partial charge in [0.2, 0.25) is 0 Å². The fraction of sp³-hybridized carbons (Fsp3) is 0.381. The number of ether oxygens (including phenoxy) is 1. The lowest BCUT2D eigenvalue weighted by molar-refractivity contribution is -0.389. The minimum Gasteiger partial charge on any atom is -0.497 e. The van der Waals surface area contributed by atoms with Crippen molar-refractivity contribution < 1.29 is 14.5 Å². The van der Waals surface area contributed by atoms with Gasteiger partial charge in [-0.15, -0.1) is 0 Å². The Hall–Kier alpha value is -3.69. The standard InChI is InChI=1S/C21H26N6O4/c1-6-18(26-13(2)10-19(24-26)27(29)30)21(28)22-20-14(3)23-25(15(20)4)12-16-8-7-9-17(11-16)31-5/h7-11,18H,6,12H2,1-5H3,(H,22,28). The summed E-state index contributed by atoms with van der Waals surface area (Å²) in [5.74, 6) is 0.194. The Morgan fingerprint density at radius 2 is 2.00 bits per heavy atom. The number of benzene rings is 1. The van der Waals surface area contributed by atoms with Crippen molar-refractivity contribution in [3.05, 3.63) is 63.1 Å². The van der Waals surface area contributed by atoms with E-state index in [1.165, 1.54) is 10.7 Å². The van der Waals surface area contributed by atoms with Crippen molar-refractivity contribution in [1.29, 1.82) is 0 Å². The molecule has 0 fully saturated rings. The van der Waals surface area contributed by atoms with Gasteiger partial charge in [-0.2, -0.15) is 9.78 Å². The molecule has 0 aliphatic rings. The molecule has 0 bridgehead atoms. The predicted octanol–water partition coefficient (Wildman–Crippen LogP) is 3.56. The monoisotopic (exact) mass is 426 g/mol. The topological polar surface area (TPSA) is 117 Å². The van der Waals surface area contributed by atoms with E-state index in [1.54, 1.807) is 14.0 Å². The first kappa shape index (κ1) is 22.0. The number of rotatable bonds is 8. The normalized spacial score (nSPS) is 11.9. The van der Waals surface area contributed by atoms with Crippen LogP contribution in [0, 0.1) is 30.9 Å². The number of amides is 1. The lowest BCUT2D eigenvalue weighted by Crippen LogP contribution is -2.27. The summed E-state index contributed by atoms with van der Waals surface area (Å²) in [6.45, 7) is 7.78. The van der Waals surface area contributed by atoms with Gasteiger partial charge in [0.1, 0.15) is 5.75 Å². The molecular weight excluding hydrogens is 400 g/mol. The Morgan fingerprint density at radius 3 is 2.61 bits per heavy atom. The second-order valence-corrected chi connectivity index (χ2v) is 7.31. The number of aryl methyl sites for hydroxylation is 2. The lowest BCUT2D eigenvalue weighted by atomic mass is 10.2. The first-order chi connectivity index (χ1) is 14.7. The number of nitrogens with one attached hydrogen (secondary N) is 1. The minimum absolute atomic E-state index is 0.276. The number of anilines is 1. The van der Waals surface area contributed by atoms with E-state index in [9.17, 15) is 14.9 Å². The Labute approximate surface area is 180 Å². The molecule has 1 aromatic carbocycles. The van der Waals surface area contributed by atoms with Crippen molar-refractivity contribution in [2.45, 2.75) is 46.7 Å². The quantitative estimate of drug-likeness (QED) is 0.435. The van der Waals surface area contributed by atoms with Crippen LogP contribution in [0.1, 0.15) is 42.0 Å². The van der Waals surface area contributed by atoms with Crippen LogP contribution in [0.3, 0.4) is 0 Å². The highest BCUT2D eigenvalue weighted by Gasteiger charge is 2.28. The second-order valence-electron chi connectivity index (χ2n) is 7.31. The summed E-state index contributed by atoms with van der Waals surface area (Å²) in [6.07, 6.45) is 0.432. The van der Waals surface area contributed by atoms with Crippen molar-refractivity contribution in [2.24, 2.45) is 0 Å². The summed E-state index contributed by atoms with van der Waals surface area (Å²) in [6, 6.07) is 8.41. The number of aromatic nitrogens is 4. The summed E-state index contributed by atoms with van der Waals surface area (Å²) in [5.41, 5.74) is 3.70. The molecule has 0 saturated heterocycles. The van der Waals surface area contributed by atoms with Crippen LogP contribution < -0.4 is 10.1 Å². The van der Waals surface area contributed by atoms with Gasteiger partial charge in [-0.3, -0.25) is 9.48 Å². The number of hydrogen-bond donors (Lipinski definition) is 1. The van der Waals surface area contributed by atoms with E-state index in [4.69, 9.17) is 4.74 Å². The molecule has 1 atom stereocenters. The molecule has 31 heavy (non-hydrogen) atoms. The largest absolute Gasteiger partial charge is 0.497 e. The van der Waals surface area contributed by atoms with Gasteiger partial charge in [-0.1, -0.05) is 19.1 Å². The van der Waals surface area contributed by atoms with Crippen LogP contribution in [0.2, 0.25) is 0 Å². The van der Waals surface area contributed by atoms with Gasteiger partial charge in [0.05, 0.1) is 47.6 Å². The summed E-state index contributed by atoms with van der Waals surface area (Å²) in [4.78, 5) is 23.5. The Bertz CT molecular complexity index is 1120. The summed E-state index contributed by atoms with van der Waals surface area (Å²) >= 11 is 0. The van der Waals surface area contributed by atoms with Crippen LogP contribution in [0.15, 0.2) is 30.3 Å². The van der Waals surface area contributed by atoms with Gasteiger partial charge in [0.15, 0.2) is 6.04 Å². The van der Waals surface area contributed by atoms with E-state index >= 15 is 0 Å². The fourth-order valence-corrected chi connectivity index (χ4v) is 3.53. The van der Waals surface area contributed by atoms with Gasteiger partial charge in [0, 0.05) is 0 Å². The summed E-state index contributed by atoms with van der Waals surface area (Å²) in [7, 11) is 1.62. The number of nitrogens with zero attached hydrogens (tertiary/aromatic N) is 5. The predicted molar refractivity (Wildman–Crippen MR) is 115 cm³/mol. The third-order valence-corrected chi connectivity index (χ3v) is 5.18. The van der Waals surface area contributed by atoms with Crippen molar-refractivity contribution in [3.8, 4) is 5.75 Å². The van der Waals surface area contributed by atoms with Gasteiger partial charge in [0.25, 0.3) is 5.91 Å². The number of hydrogen-bond acceptors (Lipinski definition) is 6. The van der Waals surface area contributed by atoms with Crippen LogP contribution >= 0.6 is 0 Å². The van der Waals surface area contributed by atoms with Gasteiger partial charge in [-0.05, 0) is 49.8 Å². The zero-order valence-electron chi connectivity index (χ0n) is 18.2. The first-order valence-corrected chi connectivity index (χ1v) is 9.93.